The number of halogens is 2. The standard InChI is InChI=1S/C19H18F2N2O4S/c1-25-8-7-23-16-13(21)9-11(20)10-15(16)28-19(23)22-18(24)12-5-4-6-14(26-2)17(12)27-3/h4-6,9-10H,7-8H2,1-3H3/b22-19-. The van der Waals surface area contributed by atoms with E-state index < -0.39 is 17.5 Å². The van der Waals surface area contributed by atoms with Gasteiger partial charge in [0.05, 0.1) is 36.6 Å². The van der Waals surface area contributed by atoms with Crippen LogP contribution in [0.5, 0.6) is 11.5 Å². The Morgan fingerprint density at radius 1 is 1.18 bits per heavy atom. The maximum absolute atomic E-state index is 14.4. The largest absolute Gasteiger partial charge is 0.493 e. The number of methoxy groups -OCH3 is 3. The van der Waals surface area contributed by atoms with Gasteiger partial charge in [0.25, 0.3) is 5.91 Å². The quantitative estimate of drug-likeness (QED) is 0.627. The molecule has 9 heteroatoms. The Balaban J connectivity index is 2.19. The maximum atomic E-state index is 14.4. The van der Waals surface area contributed by atoms with Gasteiger partial charge in [0.1, 0.15) is 5.82 Å². The number of aromatic nitrogens is 1. The lowest BCUT2D eigenvalue weighted by Gasteiger charge is -2.10. The zero-order chi connectivity index (χ0) is 20.3. The number of rotatable bonds is 6. The van der Waals surface area contributed by atoms with E-state index in [4.69, 9.17) is 14.2 Å². The third-order valence-electron chi connectivity index (χ3n) is 4.04. The molecule has 0 spiro atoms. The number of para-hydroxylation sites is 1. The van der Waals surface area contributed by atoms with Gasteiger partial charge >= 0.3 is 0 Å². The van der Waals surface area contributed by atoms with Crippen LogP contribution < -0.4 is 14.3 Å². The van der Waals surface area contributed by atoms with E-state index >= 15 is 0 Å². The number of thiazole rings is 1. The molecule has 3 rings (SSSR count). The van der Waals surface area contributed by atoms with E-state index in [0.29, 0.717) is 10.4 Å². The molecular weight excluding hydrogens is 390 g/mol. The fourth-order valence-corrected chi connectivity index (χ4v) is 3.90. The van der Waals surface area contributed by atoms with E-state index in [1.54, 1.807) is 18.2 Å². The summed E-state index contributed by atoms with van der Waals surface area (Å²) >= 11 is 1.02. The second-order valence-electron chi connectivity index (χ2n) is 5.72. The Morgan fingerprint density at radius 3 is 2.64 bits per heavy atom. The minimum Gasteiger partial charge on any atom is -0.493 e. The van der Waals surface area contributed by atoms with Gasteiger partial charge < -0.3 is 18.8 Å². The van der Waals surface area contributed by atoms with E-state index in [1.807, 2.05) is 0 Å². The first-order valence-corrected chi connectivity index (χ1v) is 9.09. The summed E-state index contributed by atoms with van der Waals surface area (Å²) < 4.78 is 45.4. The summed E-state index contributed by atoms with van der Waals surface area (Å²) in [6, 6.07) is 6.87. The molecule has 0 saturated heterocycles. The lowest BCUT2D eigenvalue weighted by Crippen LogP contribution is -2.20. The fourth-order valence-electron chi connectivity index (χ4n) is 2.81. The van der Waals surface area contributed by atoms with Crippen LogP contribution in [0.25, 0.3) is 10.2 Å². The summed E-state index contributed by atoms with van der Waals surface area (Å²) in [5.74, 6) is -1.37. The van der Waals surface area contributed by atoms with Gasteiger partial charge in [-0.3, -0.25) is 4.79 Å². The highest BCUT2D eigenvalue weighted by atomic mass is 32.1. The van der Waals surface area contributed by atoms with Crippen LogP contribution in [0.1, 0.15) is 10.4 Å². The summed E-state index contributed by atoms with van der Waals surface area (Å²) in [7, 11) is 4.39. The smallest absolute Gasteiger partial charge is 0.283 e. The van der Waals surface area contributed by atoms with E-state index in [9.17, 15) is 13.6 Å². The van der Waals surface area contributed by atoms with Gasteiger partial charge in [-0.2, -0.15) is 4.99 Å². The molecule has 0 aliphatic rings. The molecule has 28 heavy (non-hydrogen) atoms. The van der Waals surface area contributed by atoms with Crippen molar-refractivity contribution < 1.29 is 27.8 Å². The van der Waals surface area contributed by atoms with Gasteiger partial charge in [-0.1, -0.05) is 17.4 Å². The zero-order valence-electron chi connectivity index (χ0n) is 15.5. The number of hydrogen-bond acceptors (Lipinski definition) is 5. The zero-order valence-corrected chi connectivity index (χ0v) is 16.3. The van der Waals surface area contributed by atoms with Crippen molar-refractivity contribution in [3.8, 4) is 11.5 Å². The van der Waals surface area contributed by atoms with Gasteiger partial charge in [-0.25, -0.2) is 8.78 Å². The van der Waals surface area contributed by atoms with Crippen molar-refractivity contribution in [2.75, 3.05) is 27.9 Å². The molecule has 0 N–H and O–H groups in total. The van der Waals surface area contributed by atoms with E-state index in [1.165, 1.54) is 32.0 Å². The minimum absolute atomic E-state index is 0.174. The van der Waals surface area contributed by atoms with Crippen molar-refractivity contribution in [3.63, 3.8) is 0 Å². The summed E-state index contributed by atoms with van der Waals surface area (Å²) in [6.07, 6.45) is 0. The number of benzene rings is 2. The second kappa shape index (κ2) is 8.49. The molecule has 0 aliphatic carbocycles. The Morgan fingerprint density at radius 2 is 1.96 bits per heavy atom. The Bertz CT molecular complexity index is 1090. The number of ether oxygens (including phenoxy) is 3. The Labute approximate surface area is 163 Å². The van der Waals surface area contributed by atoms with E-state index in [0.717, 1.165) is 17.4 Å². The number of fused-ring (bicyclic) bond motifs is 1. The van der Waals surface area contributed by atoms with Crippen LogP contribution in [0.15, 0.2) is 35.3 Å². The number of carbonyl (C=O) groups excluding carboxylic acids is 1. The highest BCUT2D eigenvalue weighted by Gasteiger charge is 2.18. The second-order valence-corrected chi connectivity index (χ2v) is 6.73. The van der Waals surface area contributed by atoms with Crippen molar-refractivity contribution in [2.45, 2.75) is 6.54 Å². The summed E-state index contributed by atoms with van der Waals surface area (Å²) in [5.41, 5.74) is 0.372. The third kappa shape index (κ3) is 3.76. The first kappa shape index (κ1) is 20.0. The van der Waals surface area contributed by atoms with Crippen LogP contribution in [-0.2, 0) is 11.3 Å². The van der Waals surface area contributed by atoms with E-state index in [-0.39, 0.29) is 34.8 Å². The molecule has 0 bridgehead atoms. The summed E-state index contributed by atoms with van der Waals surface area (Å²) in [4.78, 5) is 17.2. The van der Waals surface area contributed by atoms with Crippen molar-refractivity contribution in [1.29, 1.82) is 0 Å². The van der Waals surface area contributed by atoms with Crippen molar-refractivity contribution in [3.05, 3.63) is 52.3 Å². The number of nitrogens with zero attached hydrogens (tertiary/aromatic N) is 2. The topological polar surface area (TPSA) is 62.1 Å². The molecule has 0 fully saturated rings. The molecule has 148 valence electrons. The molecule has 3 aromatic rings. The van der Waals surface area contributed by atoms with Gasteiger partial charge in [0, 0.05) is 19.7 Å². The number of amides is 1. The molecule has 0 unspecified atom stereocenters. The first-order chi connectivity index (χ1) is 13.5. The van der Waals surface area contributed by atoms with Gasteiger partial charge in [0.2, 0.25) is 0 Å². The average Bonchev–Trinajstić information content (AvgIpc) is 3.02. The van der Waals surface area contributed by atoms with Gasteiger partial charge in [-0.15, -0.1) is 0 Å². The lowest BCUT2D eigenvalue weighted by molar-refractivity contribution is 0.0993. The molecule has 1 amide bonds. The highest BCUT2D eigenvalue weighted by Crippen LogP contribution is 2.31. The van der Waals surface area contributed by atoms with Gasteiger partial charge in [-0.05, 0) is 18.2 Å². The molecule has 0 radical (unpaired) electrons. The third-order valence-corrected chi connectivity index (χ3v) is 5.07. The van der Waals surface area contributed by atoms with Crippen LogP contribution in [0, 0.1) is 11.6 Å². The predicted molar refractivity (Wildman–Crippen MR) is 101 cm³/mol. The Kier molecular flexibility index (Phi) is 6.05. The average molecular weight is 408 g/mol. The molecule has 0 saturated carbocycles. The molecule has 6 nitrogen and oxygen atoms in total. The van der Waals surface area contributed by atoms with Crippen LogP contribution in [0.2, 0.25) is 0 Å². The fraction of sp³-hybridized carbons (Fsp3) is 0.263. The van der Waals surface area contributed by atoms with Crippen LogP contribution in [0.3, 0.4) is 0 Å². The van der Waals surface area contributed by atoms with Crippen molar-refractivity contribution in [1.82, 2.24) is 4.57 Å². The molecule has 0 atom stereocenters. The molecule has 0 aliphatic heterocycles. The Hall–Kier alpha value is -2.78. The van der Waals surface area contributed by atoms with Crippen LogP contribution in [-0.4, -0.2) is 38.4 Å². The maximum Gasteiger partial charge on any atom is 0.283 e. The van der Waals surface area contributed by atoms with Crippen molar-refractivity contribution in [2.24, 2.45) is 4.99 Å². The predicted octanol–water partition coefficient (Wildman–Crippen LogP) is 3.39. The molecule has 2 aromatic carbocycles. The van der Waals surface area contributed by atoms with Crippen molar-refractivity contribution >= 4 is 27.5 Å². The summed E-state index contributed by atoms with van der Waals surface area (Å²) in [6.45, 7) is 0.521. The normalized spacial score (nSPS) is 11.8. The number of hydrogen-bond donors (Lipinski definition) is 0. The monoisotopic (exact) mass is 408 g/mol. The van der Waals surface area contributed by atoms with E-state index in [2.05, 4.69) is 4.99 Å². The first-order valence-electron chi connectivity index (χ1n) is 8.27. The lowest BCUT2D eigenvalue weighted by atomic mass is 10.2. The minimum atomic E-state index is -0.727. The van der Waals surface area contributed by atoms with Gasteiger partial charge in [0.15, 0.2) is 22.1 Å². The highest BCUT2D eigenvalue weighted by molar-refractivity contribution is 7.16. The molecular formula is C19H18F2N2O4S. The van der Waals surface area contributed by atoms with Crippen LogP contribution in [0.4, 0.5) is 8.78 Å². The SMILES string of the molecule is COCCn1/c(=N/C(=O)c2cccc(OC)c2OC)sc2cc(F)cc(F)c21. The van der Waals surface area contributed by atoms with Crippen LogP contribution >= 0.6 is 11.3 Å². The molecule has 1 aromatic heterocycles. The molecule has 1 heterocycles. The number of carbonyl (C=O) groups is 1. The summed E-state index contributed by atoms with van der Waals surface area (Å²) in [5, 5.41) is 0.